The molecule has 78 valence electrons. The molecule has 3 nitrogen and oxygen atoms in total. The van der Waals surface area contributed by atoms with Crippen molar-refractivity contribution in [2.24, 2.45) is 11.1 Å². The molecule has 13 heavy (non-hydrogen) atoms. The molecular formula is C7H12F3NO2. The van der Waals surface area contributed by atoms with Gasteiger partial charge in [0.15, 0.2) is 0 Å². The van der Waals surface area contributed by atoms with Gasteiger partial charge in [0, 0.05) is 0 Å². The second-order valence-electron chi connectivity index (χ2n) is 3.60. The molecule has 0 bridgehead atoms. The predicted molar refractivity (Wildman–Crippen MR) is 40.1 cm³/mol. The topological polar surface area (TPSA) is 63.3 Å². The Kier molecular flexibility index (Phi) is 3.32. The first-order valence-corrected chi connectivity index (χ1v) is 3.61. The minimum Gasteiger partial charge on any atom is -0.480 e. The van der Waals surface area contributed by atoms with Gasteiger partial charge in [0.05, 0.1) is 6.42 Å². The molecule has 0 saturated carbocycles. The van der Waals surface area contributed by atoms with Crippen molar-refractivity contribution >= 4 is 5.97 Å². The van der Waals surface area contributed by atoms with Gasteiger partial charge in [-0.05, 0) is 5.41 Å². The van der Waals surface area contributed by atoms with Crippen molar-refractivity contribution in [3.63, 3.8) is 0 Å². The Balaban J connectivity index is 4.48. The number of hydrogen-bond acceptors (Lipinski definition) is 2. The van der Waals surface area contributed by atoms with Gasteiger partial charge in [0.25, 0.3) is 0 Å². The van der Waals surface area contributed by atoms with E-state index >= 15 is 0 Å². The molecule has 0 rings (SSSR count). The van der Waals surface area contributed by atoms with Gasteiger partial charge in [-0.3, -0.25) is 4.79 Å². The van der Waals surface area contributed by atoms with Gasteiger partial charge < -0.3 is 10.8 Å². The lowest BCUT2D eigenvalue weighted by molar-refractivity contribution is -0.163. The summed E-state index contributed by atoms with van der Waals surface area (Å²) in [7, 11) is 0. The third-order valence-electron chi connectivity index (χ3n) is 1.76. The van der Waals surface area contributed by atoms with Crippen LogP contribution in [0.15, 0.2) is 0 Å². The van der Waals surface area contributed by atoms with Crippen LogP contribution in [-0.2, 0) is 4.79 Å². The Morgan fingerprint density at radius 3 is 2.08 bits per heavy atom. The highest BCUT2D eigenvalue weighted by Gasteiger charge is 2.42. The summed E-state index contributed by atoms with van der Waals surface area (Å²) in [6, 6.07) is -1.51. The number of carboxylic acids is 1. The lowest BCUT2D eigenvalue weighted by Crippen LogP contribution is -2.46. The standard InChI is InChI=1S/C7H12F3NO2/c1-6(2,3-7(8,9)10)4(11)5(12)13/h4H,3,11H2,1-2H3,(H,12,13). The van der Waals surface area contributed by atoms with Crippen molar-refractivity contribution in [2.75, 3.05) is 0 Å². The van der Waals surface area contributed by atoms with Crippen LogP contribution in [0.25, 0.3) is 0 Å². The molecule has 0 saturated heterocycles. The van der Waals surface area contributed by atoms with Crippen molar-refractivity contribution in [2.45, 2.75) is 32.5 Å². The summed E-state index contributed by atoms with van der Waals surface area (Å²) in [5, 5.41) is 8.42. The van der Waals surface area contributed by atoms with Crippen LogP contribution in [0.2, 0.25) is 0 Å². The molecule has 0 amide bonds. The van der Waals surface area contributed by atoms with E-state index in [1.807, 2.05) is 0 Å². The van der Waals surface area contributed by atoms with E-state index in [0.29, 0.717) is 0 Å². The normalized spacial score (nSPS) is 15.5. The number of carbonyl (C=O) groups is 1. The van der Waals surface area contributed by atoms with Crippen molar-refractivity contribution in [1.82, 2.24) is 0 Å². The first-order chi connectivity index (χ1) is 5.56. The van der Waals surface area contributed by atoms with E-state index in [-0.39, 0.29) is 0 Å². The monoisotopic (exact) mass is 199 g/mol. The summed E-state index contributed by atoms with van der Waals surface area (Å²) in [6.45, 7) is 2.36. The Morgan fingerprint density at radius 1 is 1.46 bits per heavy atom. The maximum Gasteiger partial charge on any atom is 0.389 e. The van der Waals surface area contributed by atoms with E-state index in [1.165, 1.54) is 13.8 Å². The molecule has 0 aliphatic carbocycles. The van der Waals surface area contributed by atoms with E-state index in [2.05, 4.69) is 0 Å². The van der Waals surface area contributed by atoms with Crippen LogP contribution in [0.5, 0.6) is 0 Å². The van der Waals surface area contributed by atoms with Crippen LogP contribution in [-0.4, -0.2) is 23.3 Å². The Hall–Kier alpha value is -0.780. The summed E-state index contributed by atoms with van der Waals surface area (Å²) in [6.07, 6.45) is -5.59. The fourth-order valence-corrected chi connectivity index (χ4v) is 0.961. The molecule has 0 aromatic heterocycles. The zero-order valence-electron chi connectivity index (χ0n) is 7.35. The van der Waals surface area contributed by atoms with E-state index in [1.54, 1.807) is 0 Å². The molecule has 3 N–H and O–H groups in total. The molecule has 0 fully saturated rings. The summed E-state index contributed by atoms with van der Waals surface area (Å²) < 4.78 is 35.8. The second kappa shape index (κ2) is 3.53. The smallest absolute Gasteiger partial charge is 0.389 e. The van der Waals surface area contributed by atoms with Crippen molar-refractivity contribution in [3.05, 3.63) is 0 Å². The SMILES string of the molecule is CC(C)(CC(F)(F)F)C(N)C(=O)O. The van der Waals surface area contributed by atoms with Crippen LogP contribution >= 0.6 is 0 Å². The Bertz CT molecular complexity index is 200. The summed E-state index contributed by atoms with van der Waals surface area (Å²) in [5.74, 6) is -1.42. The second-order valence-corrected chi connectivity index (χ2v) is 3.60. The average Bonchev–Trinajstić information content (AvgIpc) is 1.80. The largest absolute Gasteiger partial charge is 0.480 e. The van der Waals surface area contributed by atoms with Crippen LogP contribution in [0, 0.1) is 5.41 Å². The third-order valence-corrected chi connectivity index (χ3v) is 1.76. The summed E-state index contributed by atoms with van der Waals surface area (Å²) in [4.78, 5) is 10.3. The van der Waals surface area contributed by atoms with Crippen LogP contribution in [0.1, 0.15) is 20.3 Å². The van der Waals surface area contributed by atoms with Crippen molar-refractivity contribution in [1.29, 1.82) is 0 Å². The number of aliphatic carboxylic acids is 1. The molecule has 0 aliphatic heterocycles. The molecule has 0 radical (unpaired) electrons. The molecular weight excluding hydrogens is 187 g/mol. The van der Waals surface area contributed by atoms with E-state index in [9.17, 15) is 18.0 Å². The molecule has 1 atom stereocenters. The predicted octanol–water partition coefficient (Wildman–Crippen LogP) is 1.38. The highest BCUT2D eigenvalue weighted by molar-refractivity contribution is 5.74. The van der Waals surface area contributed by atoms with Gasteiger partial charge in [0.2, 0.25) is 0 Å². The van der Waals surface area contributed by atoms with Gasteiger partial charge in [-0.15, -0.1) is 0 Å². The number of carboxylic acid groups (broad SMARTS) is 1. The van der Waals surface area contributed by atoms with Gasteiger partial charge in [-0.1, -0.05) is 13.8 Å². The minimum absolute atomic E-state index is 1.18. The number of alkyl halides is 3. The molecule has 6 heteroatoms. The summed E-state index contributed by atoms with van der Waals surface area (Å²) >= 11 is 0. The minimum atomic E-state index is -4.39. The van der Waals surface area contributed by atoms with Gasteiger partial charge >= 0.3 is 12.1 Å². The van der Waals surface area contributed by atoms with Gasteiger partial charge in [0.1, 0.15) is 6.04 Å². The number of nitrogens with two attached hydrogens (primary N) is 1. The van der Waals surface area contributed by atoms with E-state index in [0.717, 1.165) is 0 Å². The maximum atomic E-state index is 11.9. The first-order valence-electron chi connectivity index (χ1n) is 3.61. The molecule has 1 unspecified atom stereocenters. The summed E-state index contributed by atoms with van der Waals surface area (Å²) in [5.41, 5.74) is 3.62. The van der Waals surface area contributed by atoms with E-state index in [4.69, 9.17) is 10.8 Å². The molecule has 0 aromatic carbocycles. The van der Waals surface area contributed by atoms with Crippen LogP contribution in [0.4, 0.5) is 13.2 Å². The fourth-order valence-electron chi connectivity index (χ4n) is 0.961. The molecule has 0 spiro atoms. The quantitative estimate of drug-likeness (QED) is 0.721. The molecule has 0 heterocycles. The van der Waals surface area contributed by atoms with Crippen molar-refractivity contribution in [3.8, 4) is 0 Å². The number of hydrogen-bond donors (Lipinski definition) is 2. The number of rotatable bonds is 3. The Morgan fingerprint density at radius 2 is 1.85 bits per heavy atom. The first kappa shape index (κ1) is 12.2. The fraction of sp³-hybridized carbons (Fsp3) is 0.857. The van der Waals surface area contributed by atoms with Gasteiger partial charge in [-0.2, -0.15) is 13.2 Å². The zero-order valence-corrected chi connectivity index (χ0v) is 7.35. The highest BCUT2D eigenvalue weighted by Crippen LogP contribution is 2.34. The van der Waals surface area contributed by atoms with Crippen LogP contribution in [0.3, 0.4) is 0 Å². The van der Waals surface area contributed by atoms with Crippen molar-refractivity contribution < 1.29 is 23.1 Å². The Labute approximate surface area is 73.7 Å². The van der Waals surface area contributed by atoms with Gasteiger partial charge in [-0.25, -0.2) is 0 Å². The third kappa shape index (κ3) is 4.12. The number of halogens is 3. The maximum absolute atomic E-state index is 11.9. The zero-order chi connectivity index (χ0) is 10.9. The molecule has 0 aromatic rings. The highest BCUT2D eigenvalue weighted by atomic mass is 19.4. The average molecular weight is 199 g/mol. The lowest BCUT2D eigenvalue weighted by Gasteiger charge is -2.29. The van der Waals surface area contributed by atoms with E-state index < -0.39 is 30.0 Å². The molecule has 0 aliphatic rings. The lowest BCUT2D eigenvalue weighted by atomic mass is 9.81. The van der Waals surface area contributed by atoms with Crippen LogP contribution < -0.4 is 5.73 Å².